The van der Waals surface area contributed by atoms with Crippen LogP contribution in [0.4, 0.5) is 0 Å². The lowest BCUT2D eigenvalue weighted by Gasteiger charge is -2.06. The molecule has 0 atom stereocenters. The number of carboxylic acids is 1. The Morgan fingerprint density at radius 1 is 1.61 bits per heavy atom. The Labute approximate surface area is 109 Å². The van der Waals surface area contributed by atoms with Crippen molar-refractivity contribution in [2.24, 2.45) is 0 Å². The van der Waals surface area contributed by atoms with Crippen LogP contribution in [0.15, 0.2) is 26.1 Å². The van der Waals surface area contributed by atoms with E-state index in [2.05, 4.69) is 26.1 Å². The Balaban J connectivity index is 2.37. The Morgan fingerprint density at radius 3 is 2.94 bits per heavy atom. The summed E-state index contributed by atoms with van der Waals surface area (Å²) < 4.78 is 6.53. The summed E-state index contributed by atoms with van der Waals surface area (Å²) in [6.07, 6.45) is 1.41. The zero-order valence-corrected chi connectivity index (χ0v) is 10.8. The third kappa shape index (κ3) is 2.33. The molecule has 2 rings (SSSR count). The standard InChI is InChI=1S/C10H8BrN3O4/c1-5-12-3-7(11)9(15)14(5)4-6-2-8(10(16)17)13-18-6/h2-3H,4H2,1H3,(H,16,17). The summed E-state index contributed by atoms with van der Waals surface area (Å²) in [5.41, 5.74) is -0.463. The maximum atomic E-state index is 11.8. The number of carboxylic acid groups (broad SMARTS) is 1. The number of aromatic carboxylic acids is 1. The van der Waals surface area contributed by atoms with E-state index >= 15 is 0 Å². The number of hydrogen-bond acceptors (Lipinski definition) is 5. The molecule has 0 aliphatic carbocycles. The number of hydrogen-bond donors (Lipinski definition) is 1. The van der Waals surface area contributed by atoms with Crippen LogP contribution in [0.3, 0.4) is 0 Å². The molecule has 0 unspecified atom stereocenters. The third-order valence-electron chi connectivity index (χ3n) is 2.30. The molecule has 0 aromatic carbocycles. The molecule has 2 heterocycles. The normalized spacial score (nSPS) is 10.6. The molecule has 0 amide bonds. The van der Waals surface area contributed by atoms with Crippen molar-refractivity contribution in [3.05, 3.63) is 44.4 Å². The van der Waals surface area contributed by atoms with Gasteiger partial charge in [-0.3, -0.25) is 9.36 Å². The van der Waals surface area contributed by atoms with Gasteiger partial charge in [-0.2, -0.15) is 0 Å². The van der Waals surface area contributed by atoms with Gasteiger partial charge in [0.15, 0.2) is 11.5 Å². The fourth-order valence-corrected chi connectivity index (χ4v) is 1.70. The van der Waals surface area contributed by atoms with E-state index in [0.29, 0.717) is 10.3 Å². The van der Waals surface area contributed by atoms with Crippen LogP contribution < -0.4 is 5.56 Å². The second kappa shape index (κ2) is 4.73. The maximum Gasteiger partial charge on any atom is 0.358 e. The molecule has 0 bridgehead atoms. The van der Waals surface area contributed by atoms with Crippen LogP contribution in [0.1, 0.15) is 22.1 Å². The highest BCUT2D eigenvalue weighted by atomic mass is 79.9. The van der Waals surface area contributed by atoms with E-state index in [-0.39, 0.29) is 23.6 Å². The molecule has 1 N–H and O–H groups in total. The molecular formula is C10H8BrN3O4. The minimum Gasteiger partial charge on any atom is -0.476 e. The number of carbonyl (C=O) groups is 1. The zero-order valence-electron chi connectivity index (χ0n) is 9.25. The van der Waals surface area contributed by atoms with Gasteiger partial charge < -0.3 is 9.63 Å². The highest BCUT2D eigenvalue weighted by Gasteiger charge is 2.13. The van der Waals surface area contributed by atoms with Gasteiger partial charge >= 0.3 is 5.97 Å². The lowest BCUT2D eigenvalue weighted by atomic mass is 10.3. The fourth-order valence-electron chi connectivity index (χ4n) is 1.38. The van der Waals surface area contributed by atoms with Gasteiger partial charge in [-0.25, -0.2) is 9.78 Å². The second-order valence-corrected chi connectivity index (χ2v) is 4.38. The number of aryl methyl sites for hydroxylation is 1. The van der Waals surface area contributed by atoms with Crippen molar-refractivity contribution in [2.45, 2.75) is 13.5 Å². The van der Waals surface area contributed by atoms with Crippen molar-refractivity contribution >= 4 is 21.9 Å². The van der Waals surface area contributed by atoms with Gasteiger partial charge in [0, 0.05) is 12.3 Å². The molecule has 0 saturated heterocycles. The average Bonchev–Trinajstić information content (AvgIpc) is 2.78. The van der Waals surface area contributed by atoms with Gasteiger partial charge in [0.1, 0.15) is 10.3 Å². The van der Waals surface area contributed by atoms with Crippen LogP contribution >= 0.6 is 15.9 Å². The van der Waals surface area contributed by atoms with Gasteiger partial charge in [0.2, 0.25) is 0 Å². The van der Waals surface area contributed by atoms with Crippen LogP contribution in [0.25, 0.3) is 0 Å². The predicted octanol–water partition coefficient (Wildman–Crippen LogP) is 1.05. The van der Waals surface area contributed by atoms with Crippen LogP contribution in [0.2, 0.25) is 0 Å². The van der Waals surface area contributed by atoms with Gasteiger partial charge in [-0.1, -0.05) is 5.16 Å². The van der Waals surface area contributed by atoms with E-state index in [4.69, 9.17) is 9.63 Å². The largest absolute Gasteiger partial charge is 0.476 e. The smallest absolute Gasteiger partial charge is 0.358 e. The molecule has 0 saturated carbocycles. The van der Waals surface area contributed by atoms with Gasteiger partial charge in [-0.05, 0) is 22.9 Å². The van der Waals surface area contributed by atoms with Gasteiger partial charge in [0.05, 0.1) is 6.54 Å². The summed E-state index contributed by atoms with van der Waals surface area (Å²) >= 11 is 3.09. The summed E-state index contributed by atoms with van der Waals surface area (Å²) in [5, 5.41) is 12.1. The van der Waals surface area contributed by atoms with Crippen molar-refractivity contribution in [1.82, 2.24) is 14.7 Å². The molecule has 8 heteroatoms. The molecule has 0 aliphatic rings. The monoisotopic (exact) mass is 313 g/mol. The Bertz CT molecular complexity index is 661. The molecule has 0 radical (unpaired) electrons. The van der Waals surface area contributed by atoms with E-state index in [0.717, 1.165) is 0 Å². The highest BCUT2D eigenvalue weighted by molar-refractivity contribution is 9.10. The number of nitrogens with zero attached hydrogens (tertiary/aromatic N) is 3. The van der Waals surface area contributed by atoms with E-state index < -0.39 is 5.97 Å². The number of rotatable bonds is 3. The summed E-state index contributed by atoms with van der Waals surface area (Å²) in [6, 6.07) is 1.27. The third-order valence-corrected chi connectivity index (χ3v) is 2.84. The van der Waals surface area contributed by atoms with Gasteiger partial charge in [0.25, 0.3) is 5.56 Å². The van der Waals surface area contributed by atoms with Crippen molar-refractivity contribution in [3.63, 3.8) is 0 Å². The van der Waals surface area contributed by atoms with Crippen LogP contribution in [0, 0.1) is 6.92 Å². The van der Waals surface area contributed by atoms with Crippen LogP contribution in [-0.4, -0.2) is 25.8 Å². The molecule has 2 aromatic rings. The molecule has 7 nitrogen and oxygen atoms in total. The van der Waals surface area contributed by atoms with E-state index in [9.17, 15) is 9.59 Å². The van der Waals surface area contributed by atoms with Crippen LogP contribution in [0.5, 0.6) is 0 Å². The first-order valence-corrected chi connectivity index (χ1v) is 5.69. The van der Waals surface area contributed by atoms with Gasteiger partial charge in [-0.15, -0.1) is 0 Å². The van der Waals surface area contributed by atoms with E-state index in [1.165, 1.54) is 16.8 Å². The molecular weight excluding hydrogens is 306 g/mol. The van der Waals surface area contributed by atoms with Crippen molar-refractivity contribution in [3.8, 4) is 0 Å². The minimum atomic E-state index is -1.18. The maximum absolute atomic E-state index is 11.8. The first-order valence-electron chi connectivity index (χ1n) is 4.90. The topological polar surface area (TPSA) is 98.2 Å². The van der Waals surface area contributed by atoms with Crippen molar-refractivity contribution in [1.29, 1.82) is 0 Å². The first-order chi connectivity index (χ1) is 8.49. The summed E-state index contributed by atoms with van der Waals surface area (Å²) in [6.45, 7) is 1.75. The lowest BCUT2D eigenvalue weighted by Crippen LogP contribution is -2.24. The molecule has 2 aromatic heterocycles. The van der Waals surface area contributed by atoms with Crippen molar-refractivity contribution < 1.29 is 14.4 Å². The zero-order chi connectivity index (χ0) is 13.3. The molecule has 18 heavy (non-hydrogen) atoms. The van der Waals surface area contributed by atoms with E-state index in [1.807, 2.05) is 0 Å². The summed E-state index contributed by atoms with van der Waals surface area (Å²) in [5.74, 6) is -0.407. The number of halogens is 1. The fraction of sp³-hybridized carbons (Fsp3) is 0.200. The second-order valence-electron chi connectivity index (χ2n) is 3.53. The molecule has 0 aliphatic heterocycles. The molecule has 94 valence electrons. The predicted molar refractivity (Wildman–Crippen MR) is 63.5 cm³/mol. The lowest BCUT2D eigenvalue weighted by molar-refractivity contribution is 0.0685. The summed E-state index contributed by atoms with van der Waals surface area (Å²) in [7, 11) is 0. The minimum absolute atomic E-state index is 0.0807. The van der Waals surface area contributed by atoms with Crippen molar-refractivity contribution in [2.75, 3.05) is 0 Å². The SMILES string of the molecule is Cc1ncc(Br)c(=O)n1Cc1cc(C(=O)O)no1. The highest BCUT2D eigenvalue weighted by Crippen LogP contribution is 2.07. The number of aromatic nitrogens is 3. The summed E-state index contributed by atoms with van der Waals surface area (Å²) in [4.78, 5) is 26.5. The molecule has 0 fully saturated rings. The Kier molecular flexibility index (Phi) is 3.28. The quantitative estimate of drug-likeness (QED) is 0.909. The Morgan fingerprint density at radius 2 is 2.33 bits per heavy atom. The molecule has 0 spiro atoms. The first kappa shape index (κ1) is 12.5. The average molecular weight is 314 g/mol. The Hall–Kier alpha value is -1.96. The van der Waals surface area contributed by atoms with E-state index in [1.54, 1.807) is 6.92 Å². The van der Waals surface area contributed by atoms with Crippen LogP contribution in [-0.2, 0) is 6.54 Å².